The Labute approximate surface area is 145 Å². The molecular formula is C17H16N2O5S. The van der Waals surface area contributed by atoms with Crippen LogP contribution in [0.1, 0.15) is 20.7 Å². The van der Waals surface area contributed by atoms with Crippen molar-refractivity contribution in [2.45, 2.75) is 0 Å². The molecule has 0 saturated carbocycles. The van der Waals surface area contributed by atoms with E-state index in [9.17, 15) is 18.0 Å². The number of hydrogen-bond acceptors (Lipinski definition) is 5. The maximum atomic E-state index is 12.2. The number of sulfonamides is 1. The van der Waals surface area contributed by atoms with Gasteiger partial charge in [-0.15, -0.1) is 0 Å². The molecule has 0 aromatic heterocycles. The van der Waals surface area contributed by atoms with E-state index in [1.54, 1.807) is 48.5 Å². The van der Waals surface area contributed by atoms with Gasteiger partial charge in [0.1, 0.15) is 5.75 Å². The summed E-state index contributed by atoms with van der Waals surface area (Å²) in [5, 5.41) is 0. The van der Waals surface area contributed by atoms with Crippen molar-refractivity contribution in [1.82, 2.24) is 4.90 Å². The van der Waals surface area contributed by atoms with Crippen molar-refractivity contribution in [1.29, 1.82) is 0 Å². The Kier molecular flexibility index (Phi) is 4.45. The number of imide groups is 1. The molecule has 0 atom stereocenters. The van der Waals surface area contributed by atoms with Gasteiger partial charge in [-0.05, 0) is 24.3 Å². The minimum atomic E-state index is -3.73. The van der Waals surface area contributed by atoms with Crippen LogP contribution in [0.5, 0.6) is 5.75 Å². The van der Waals surface area contributed by atoms with Gasteiger partial charge in [-0.25, -0.2) is 8.42 Å². The number of carbonyl (C=O) groups excluding carboxylic acids is 2. The van der Waals surface area contributed by atoms with E-state index >= 15 is 0 Å². The van der Waals surface area contributed by atoms with Crippen LogP contribution in [0.3, 0.4) is 0 Å². The zero-order chi connectivity index (χ0) is 18.0. The highest BCUT2D eigenvalue weighted by Gasteiger charge is 2.35. The first-order valence-corrected chi connectivity index (χ1v) is 9.16. The summed E-state index contributed by atoms with van der Waals surface area (Å²) >= 11 is 0. The molecule has 1 heterocycles. The molecule has 0 unspecified atom stereocenters. The topological polar surface area (TPSA) is 92.8 Å². The summed E-state index contributed by atoms with van der Waals surface area (Å²) in [5.74, 6) is -0.828. The van der Waals surface area contributed by atoms with Gasteiger partial charge in [-0.2, -0.15) is 0 Å². The molecule has 0 radical (unpaired) electrons. The molecule has 7 nitrogen and oxygen atoms in total. The SMILES string of the molecule is COc1cccc(NS(=O)(=O)CCN2C(=O)c3ccccc3C2=O)c1. The Morgan fingerprint density at radius 3 is 2.24 bits per heavy atom. The molecule has 1 aliphatic heterocycles. The van der Waals surface area contributed by atoms with Crippen molar-refractivity contribution in [3.63, 3.8) is 0 Å². The molecule has 2 aromatic rings. The van der Waals surface area contributed by atoms with Gasteiger partial charge >= 0.3 is 0 Å². The van der Waals surface area contributed by atoms with Crippen LogP contribution in [0.4, 0.5) is 5.69 Å². The number of rotatable bonds is 6. The maximum Gasteiger partial charge on any atom is 0.261 e. The molecule has 25 heavy (non-hydrogen) atoms. The molecule has 3 rings (SSSR count). The predicted molar refractivity (Wildman–Crippen MR) is 92.2 cm³/mol. The molecule has 0 aliphatic carbocycles. The summed E-state index contributed by atoms with van der Waals surface area (Å²) in [4.78, 5) is 25.4. The number of fused-ring (bicyclic) bond motifs is 1. The lowest BCUT2D eigenvalue weighted by atomic mass is 10.1. The highest BCUT2D eigenvalue weighted by Crippen LogP contribution is 2.22. The predicted octanol–water partition coefficient (Wildman–Crippen LogP) is 1.73. The number of anilines is 1. The minimum absolute atomic E-state index is 0.217. The highest BCUT2D eigenvalue weighted by molar-refractivity contribution is 7.92. The van der Waals surface area contributed by atoms with Crippen LogP contribution >= 0.6 is 0 Å². The van der Waals surface area contributed by atoms with Crippen molar-refractivity contribution in [3.05, 3.63) is 59.7 Å². The first-order valence-electron chi connectivity index (χ1n) is 7.51. The van der Waals surface area contributed by atoms with E-state index in [2.05, 4.69) is 4.72 Å². The Morgan fingerprint density at radius 1 is 1.00 bits per heavy atom. The molecule has 0 bridgehead atoms. The van der Waals surface area contributed by atoms with E-state index in [0.717, 1.165) is 4.90 Å². The van der Waals surface area contributed by atoms with Crippen LogP contribution in [0.15, 0.2) is 48.5 Å². The van der Waals surface area contributed by atoms with Gasteiger partial charge in [0.05, 0.1) is 29.7 Å². The second kappa shape index (κ2) is 6.56. The number of amides is 2. The quantitative estimate of drug-likeness (QED) is 0.792. The smallest absolute Gasteiger partial charge is 0.261 e. The average Bonchev–Trinajstić information content (AvgIpc) is 2.84. The lowest BCUT2D eigenvalue weighted by molar-refractivity contribution is 0.0664. The van der Waals surface area contributed by atoms with Gasteiger partial charge in [0.15, 0.2) is 0 Å². The van der Waals surface area contributed by atoms with E-state index in [0.29, 0.717) is 22.6 Å². The second-order valence-corrected chi connectivity index (χ2v) is 7.30. The van der Waals surface area contributed by atoms with Crippen LogP contribution in [0.25, 0.3) is 0 Å². The third-order valence-electron chi connectivity index (χ3n) is 3.80. The fourth-order valence-electron chi connectivity index (χ4n) is 2.57. The standard InChI is InChI=1S/C17H16N2O5S/c1-24-13-6-4-5-12(11-13)18-25(22,23)10-9-19-16(20)14-7-2-3-8-15(14)17(19)21/h2-8,11,18H,9-10H2,1H3. The fraction of sp³-hybridized carbons (Fsp3) is 0.176. The molecule has 130 valence electrons. The first kappa shape index (κ1) is 17.0. The first-order chi connectivity index (χ1) is 11.9. The summed E-state index contributed by atoms with van der Waals surface area (Å²) in [6.45, 7) is -0.217. The molecule has 2 aromatic carbocycles. The highest BCUT2D eigenvalue weighted by atomic mass is 32.2. The molecule has 0 fully saturated rings. The molecule has 2 amide bonds. The van der Waals surface area contributed by atoms with E-state index in [-0.39, 0.29) is 6.54 Å². The lowest BCUT2D eigenvalue weighted by Crippen LogP contribution is -2.35. The van der Waals surface area contributed by atoms with Gasteiger partial charge in [0, 0.05) is 12.6 Å². The summed E-state index contributed by atoms with van der Waals surface area (Å²) in [7, 11) is -2.25. The number of methoxy groups -OCH3 is 1. The number of nitrogens with zero attached hydrogens (tertiary/aromatic N) is 1. The van der Waals surface area contributed by atoms with Crippen LogP contribution in [-0.2, 0) is 10.0 Å². The van der Waals surface area contributed by atoms with E-state index in [1.165, 1.54) is 7.11 Å². The minimum Gasteiger partial charge on any atom is -0.497 e. The van der Waals surface area contributed by atoms with Crippen LogP contribution in [-0.4, -0.2) is 44.5 Å². The average molecular weight is 360 g/mol. The van der Waals surface area contributed by atoms with Gasteiger partial charge in [0.25, 0.3) is 11.8 Å². The Balaban J connectivity index is 1.69. The number of hydrogen-bond donors (Lipinski definition) is 1. The zero-order valence-corrected chi connectivity index (χ0v) is 14.2. The third-order valence-corrected chi connectivity index (χ3v) is 5.07. The van der Waals surface area contributed by atoms with Gasteiger partial charge in [-0.3, -0.25) is 19.2 Å². The van der Waals surface area contributed by atoms with Crippen molar-refractivity contribution >= 4 is 27.5 Å². The van der Waals surface area contributed by atoms with Crippen molar-refractivity contribution < 1.29 is 22.7 Å². The molecule has 1 N–H and O–H groups in total. The maximum absolute atomic E-state index is 12.2. The number of ether oxygens (including phenoxy) is 1. The molecule has 0 saturated heterocycles. The molecule has 0 spiro atoms. The van der Waals surface area contributed by atoms with Crippen molar-refractivity contribution in [2.75, 3.05) is 24.1 Å². The number of nitrogens with one attached hydrogen (secondary N) is 1. The van der Waals surface area contributed by atoms with Crippen LogP contribution in [0, 0.1) is 0 Å². The number of carbonyl (C=O) groups is 2. The van der Waals surface area contributed by atoms with E-state index < -0.39 is 27.6 Å². The monoisotopic (exact) mass is 360 g/mol. The zero-order valence-electron chi connectivity index (χ0n) is 13.4. The van der Waals surface area contributed by atoms with Gasteiger partial charge in [-0.1, -0.05) is 18.2 Å². The summed E-state index contributed by atoms with van der Waals surface area (Å²) in [6, 6.07) is 12.9. The molecular weight excluding hydrogens is 344 g/mol. The normalized spacial score (nSPS) is 13.7. The summed E-state index contributed by atoms with van der Waals surface area (Å²) in [6.07, 6.45) is 0. The van der Waals surface area contributed by atoms with Crippen molar-refractivity contribution in [2.24, 2.45) is 0 Å². The number of benzene rings is 2. The Bertz CT molecular complexity index is 905. The van der Waals surface area contributed by atoms with Crippen LogP contribution < -0.4 is 9.46 Å². The molecule has 8 heteroatoms. The summed E-state index contributed by atoms with van der Waals surface area (Å²) in [5.41, 5.74) is 0.943. The van der Waals surface area contributed by atoms with E-state index in [1.807, 2.05) is 0 Å². The van der Waals surface area contributed by atoms with Crippen LogP contribution in [0.2, 0.25) is 0 Å². The lowest BCUT2D eigenvalue weighted by Gasteiger charge is -2.15. The fourth-order valence-corrected chi connectivity index (χ4v) is 3.58. The van der Waals surface area contributed by atoms with E-state index in [4.69, 9.17) is 4.74 Å². The summed E-state index contributed by atoms with van der Waals surface area (Å²) < 4.78 is 31.9. The largest absolute Gasteiger partial charge is 0.497 e. The second-order valence-electron chi connectivity index (χ2n) is 5.46. The van der Waals surface area contributed by atoms with Gasteiger partial charge < -0.3 is 4.74 Å². The van der Waals surface area contributed by atoms with Gasteiger partial charge in [0.2, 0.25) is 10.0 Å². The Morgan fingerprint density at radius 2 is 1.64 bits per heavy atom. The van der Waals surface area contributed by atoms with Crippen molar-refractivity contribution in [3.8, 4) is 5.75 Å². The Hall–Kier alpha value is -2.87. The third kappa shape index (κ3) is 3.48. The molecule has 1 aliphatic rings.